The summed E-state index contributed by atoms with van der Waals surface area (Å²) >= 11 is 0. The Kier molecular flexibility index (Phi) is 4.32. The van der Waals surface area contributed by atoms with Crippen molar-refractivity contribution in [2.24, 2.45) is 0 Å². The van der Waals surface area contributed by atoms with Crippen LogP contribution in [0.3, 0.4) is 0 Å². The number of rotatable bonds is 5. The number of anilines is 1. The van der Waals surface area contributed by atoms with Gasteiger partial charge >= 0.3 is 0 Å². The minimum Gasteiger partial charge on any atom is -0.397 e. The molecule has 1 aromatic carbocycles. The van der Waals surface area contributed by atoms with Crippen molar-refractivity contribution in [3.8, 4) is 0 Å². The summed E-state index contributed by atoms with van der Waals surface area (Å²) in [4.78, 5) is 8.33. The SMILES string of the molecule is Nc1cc([N+](=O)[O-])cc(F)c1S(=O)(=O)NCC(F)F. The summed E-state index contributed by atoms with van der Waals surface area (Å²) in [6.07, 6.45) is -2.97. The third kappa shape index (κ3) is 3.54. The number of hydrogen-bond acceptors (Lipinski definition) is 5. The monoisotopic (exact) mass is 299 g/mol. The molecule has 0 saturated heterocycles. The van der Waals surface area contributed by atoms with Gasteiger partial charge in [-0.25, -0.2) is 26.3 Å². The number of alkyl halides is 2. The number of halogens is 3. The van der Waals surface area contributed by atoms with Crippen molar-refractivity contribution in [2.75, 3.05) is 12.3 Å². The molecule has 3 N–H and O–H groups in total. The van der Waals surface area contributed by atoms with E-state index in [9.17, 15) is 31.7 Å². The average molecular weight is 299 g/mol. The van der Waals surface area contributed by atoms with Crippen molar-refractivity contribution in [3.05, 3.63) is 28.1 Å². The van der Waals surface area contributed by atoms with Gasteiger partial charge in [-0.3, -0.25) is 10.1 Å². The van der Waals surface area contributed by atoms with Crippen molar-refractivity contribution in [1.82, 2.24) is 4.72 Å². The van der Waals surface area contributed by atoms with Gasteiger partial charge in [-0.1, -0.05) is 0 Å². The molecule has 7 nitrogen and oxygen atoms in total. The highest BCUT2D eigenvalue weighted by molar-refractivity contribution is 7.89. The fourth-order valence-corrected chi connectivity index (χ4v) is 2.41. The normalized spacial score (nSPS) is 11.8. The molecule has 0 bridgehead atoms. The Morgan fingerprint density at radius 3 is 2.42 bits per heavy atom. The summed E-state index contributed by atoms with van der Waals surface area (Å²) in [7, 11) is -4.61. The molecule has 0 heterocycles. The lowest BCUT2D eigenvalue weighted by Crippen LogP contribution is -2.30. The van der Waals surface area contributed by atoms with E-state index < -0.39 is 50.0 Å². The van der Waals surface area contributed by atoms with Crippen LogP contribution < -0.4 is 10.5 Å². The molecule has 0 radical (unpaired) electrons. The maximum atomic E-state index is 13.5. The van der Waals surface area contributed by atoms with Gasteiger partial charge in [-0.05, 0) is 0 Å². The molecule has 0 amide bonds. The van der Waals surface area contributed by atoms with Crippen LogP contribution in [0.2, 0.25) is 0 Å². The van der Waals surface area contributed by atoms with E-state index in [2.05, 4.69) is 0 Å². The largest absolute Gasteiger partial charge is 0.397 e. The predicted molar refractivity (Wildman–Crippen MR) is 58.7 cm³/mol. The predicted octanol–water partition coefficient (Wildman–Crippen LogP) is 0.860. The molecule has 0 aromatic heterocycles. The van der Waals surface area contributed by atoms with Crippen molar-refractivity contribution in [1.29, 1.82) is 0 Å². The second-order valence-corrected chi connectivity index (χ2v) is 5.05. The number of hydrogen-bond donors (Lipinski definition) is 2. The molecule has 0 unspecified atom stereocenters. The Bertz CT molecular complexity index is 582. The Labute approximate surface area is 105 Å². The number of non-ortho nitro benzene ring substituents is 1. The van der Waals surface area contributed by atoms with E-state index in [1.54, 1.807) is 0 Å². The summed E-state index contributed by atoms with van der Waals surface area (Å²) in [6, 6.07) is 0.966. The van der Waals surface area contributed by atoms with Crippen LogP contribution in [0, 0.1) is 15.9 Å². The first-order chi connectivity index (χ1) is 8.65. The van der Waals surface area contributed by atoms with Crippen LogP contribution in [0.15, 0.2) is 17.0 Å². The molecular weight excluding hydrogens is 291 g/mol. The highest BCUT2D eigenvalue weighted by Crippen LogP contribution is 2.27. The third-order valence-electron chi connectivity index (χ3n) is 1.96. The minimum absolute atomic E-state index is 0.341. The van der Waals surface area contributed by atoms with Gasteiger partial charge in [0.15, 0.2) is 5.82 Å². The van der Waals surface area contributed by atoms with Crippen LogP contribution in [-0.4, -0.2) is 26.3 Å². The van der Waals surface area contributed by atoms with E-state index in [1.807, 2.05) is 0 Å². The van der Waals surface area contributed by atoms with Crippen molar-refractivity contribution in [3.63, 3.8) is 0 Å². The van der Waals surface area contributed by atoms with Crippen LogP contribution in [-0.2, 0) is 10.0 Å². The van der Waals surface area contributed by atoms with E-state index in [4.69, 9.17) is 5.73 Å². The Hall–Kier alpha value is -1.88. The molecule has 11 heteroatoms. The average Bonchev–Trinajstić information content (AvgIpc) is 2.25. The van der Waals surface area contributed by atoms with E-state index in [0.29, 0.717) is 12.1 Å². The summed E-state index contributed by atoms with van der Waals surface area (Å²) in [5.41, 5.74) is 3.71. The molecule has 0 fully saturated rings. The van der Waals surface area contributed by atoms with E-state index in [1.165, 1.54) is 4.72 Å². The number of nitro groups is 1. The smallest absolute Gasteiger partial charge is 0.274 e. The first-order valence-corrected chi connectivity index (χ1v) is 6.14. The van der Waals surface area contributed by atoms with Crippen LogP contribution >= 0.6 is 0 Å². The van der Waals surface area contributed by atoms with Gasteiger partial charge < -0.3 is 5.73 Å². The fourth-order valence-electron chi connectivity index (χ4n) is 1.23. The van der Waals surface area contributed by atoms with Gasteiger partial charge in [-0.15, -0.1) is 0 Å². The number of nitro benzene ring substituents is 1. The summed E-state index contributed by atoms with van der Waals surface area (Å²) < 4.78 is 61.8. The fraction of sp³-hybridized carbons (Fsp3) is 0.250. The number of benzene rings is 1. The Morgan fingerprint density at radius 2 is 2.00 bits per heavy atom. The van der Waals surface area contributed by atoms with Crippen LogP contribution in [0.5, 0.6) is 0 Å². The number of nitrogens with zero attached hydrogens (tertiary/aromatic N) is 1. The molecule has 106 valence electrons. The first kappa shape index (κ1) is 15.2. The van der Waals surface area contributed by atoms with E-state index in [0.717, 1.165) is 0 Å². The molecule has 0 atom stereocenters. The number of nitrogens with two attached hydrogens (primary N) is 1. The van der Waals surface area contributed by atoms with Crippen LogP contribution in [0.4, 0.5) is 24.5 Å². The standard InChI is InChI=1S/C8H8F3N3O4S/c9-5-1-4(14(15)16)2-6(12)8(5)19(17,18)13-3-7(10)11/h1-2,7,13H,3,12H2. The van der Waals surface area contributed by atoms with Gasteiger partial charge in [0.2, 0.25) is 10.0 Å². The first-order valence-electron chi connectivity index (χ1n) is 4.66. The number of sulfonamides is 1. The minimum atomic E-state index is -4.61. The van der Waals surface area contributed by atoms with Crippen molar-refractivity contribution in [2.45, 2.75) is 11.3 Å². The summed E-state index contributed by atoms with van der Waals surface area (Å²) in [6.45, 7) is -1.22. The lowest BCUT2D eigenvalue weighted by Gasteiger charge is -2.09. The quantitative estimate of drug-likeness (QED) is 0.475. The highest BCUT2D eigenvalue weighted by atomic mass is 32.2. The molecule has 0 spiro atoms. The van der Waals surface area contributed by atoms with Gasteiger partial charge in [0.25, 0.3) is 12.1 Å². The maximum absolute atomic E-state index is 13.5. The summed E-state index contributed by atoms with van der Waals surface area (Å²) in [5, 5.41) is 10.4. The molecule has 0 aliphatic carbocycles. The second-order valence-electron chi connectivity index (χ2n) is 3.35. The molecule has 0 aliphatic rings. The number of nitrogen functional groups attached to an aromatic ring is 1. The molecule has 0 saturated carbocycles. The molecule has 0 aliphatic heterocycles. The number of nitrogens with one attached hydrogen (secondary N) is 1. The zero-order valence-electron chi connectivity index (χ0n) is 9.14. The van der Waals surface area contributed by atoms with E-state index >= 15 is 0 Å². The van der Waals surface area contributed by atoms with Crippen molar-refractivity contribution < 1.29 is 26.5 Å². The lowest BCUT2D eigenvalue weighted by atomic mass is 10.3. The van der Waals surface area contributed by atoms with E-state index in [-0.39, 0.29) is 0 Å². The molecular formula is C8H8F3N3O4S. The van der Waals surface area contributed by atoms with Gasteiger partial charge in [0.1, 0.15) is 4.90 Å². The molecule has 19 heavy (non-hydrogen) atoms. The Morgan fingerprint density at radius 1 is 1.42 bits per heavy atom. The van der Waals surface area contributed by atoms with Crippen LogP contribution in [0.25, 0.3) is 0 Å². The maximum Gasteiger partial charge on any atom is 0.274 e. The summed E-state index contributed by atoms with van der Waals surface area (Å²) in [5.74, 6) is -1.49. The zero-order valence-corrected chi connectivity index (χ0v) is 9.96. The lowest BCUT2D eigenvalue weighted by molar-refractivity contribution is -0.385. The van der Waals surface area contributed by atoms with Crippen LogP contribution in [0.1, 0.15) is 0 Å². The Balaban J connectivity index is 3.24. The molecule has 1 rings (SSSR count). The van der Waals surface area contributed by atoms with Gasteiger partial charge in [0, 0.05) is 6.07 Å². The van der Waals surface area contributed by atoms with Crippen molar-refractivity contribution >= 4 is 21.4 Å². The van der Waals surface area contributed by atoms with Gasteiger partial charge in [-0.2, -0.15) is 0 Å². The highest BCUT2D eigenvalue weighted by Gasteiger charge is 2.26. The van der Waals surface area contributed by atoms with Gasteiger partial charge in [0.05, 0.1) is 23.2 Å². The molecule has 1 aromatic rings. The second kappa shape index (κ2) is 5.40. The third-order valence-corrected chi connectivity index (χ3v) is 3.48. The zero-order chi connectivity index (χ0) is 14.8. The topological polar surface area (TPSA) is 115 Å².